The summed E-state index contributed by atoms with van der Waals surface area (Å²) in [5, 5.41) is 19.2. The van der Waals surface area contributed by atoms with E-state index in [1.54, 1.807) is 31.5 Å². The van der Waals surface area contributed by atoms with E-state index >= 15 is 0 Å². The first kappa shape index (κ1) is 8.62. The van der Waals surface area contributed by atoms with Gasteiger partial charge in [-0.25, -0.2) is 0 Å². The number of rotatable bonds is 1. The Kier molecular flexibility index (Phi) is 1.89. The maximum absolute atomic E-state index is 9.65. The lowest BCUT2D eigenvalue weighted by molar-refractivity contribution is 0.401. The summed E-state index contributed by atoms with van der Waals surface area (Å²) in [4.78, 5) is 3.86. The van der Waals surface area contributed by atoms with Gasteiger partial charge in [-0.05, 0) is 19.1 Å². The lowest BCUT2D eigenvalue weighted by Gasteiger charge is -2.05. The molecule has 0 aliphatic carbocycles. The molecule has 4 heteroatoms. The van der Waals surface area contributed by atoms with Gasteiger partial charge in [-0.15, -0.1) is 0 Å². The molecule has 72 valence electrons. The van der Waals surface area contributed by atoms with Crippen molar-refractivity contribution >= 4 is 0 Å². The monoisotopic (exact) mass is 190 g/mol. The fraction of sp³-hybridized carbons (Fsp3) is 0.100. The molecule has 0 bridgehead atoms. The molecule has 0 atom stereocenters. The van der Waals surface area contributed by atoms with Gasteiger partial charge < -0.3 is 10.2 Å². The molecule has 0 saturated heterocycles. The quantitative estimate of drug-likeness (QED) is 0.718. The van der Waals surface area contributed by atoms with E-state index in [-0.39, 0.29) is 11.8 Å². The molecule has 0 unspecified atom stereocenters. The van der Waals surface area contributed by atoms with Crippen LogP contribution in [0.4, 0.5) is 0 Å². The molecule has 0 radical (unpaired) electrons. The van der Waals surface area contributed by atoms with Crippen molar-refractivity contribution in [3.05, 3.63) is 36.2 Å². The van der Waals surface area contributed by atoms with Crippen LogP contribution in [-0.4, -0.2) is 19.8 Å². The van der Waals surface area contributed by atoms with E-state index in [9.17, 15) is 10.2 Å². The summed E-state index contributed by atoms with van der Waals surface area (Å²) in [5.74, 6) is 0.0694. The zero-order chi connectivity index (χ0) is 10.1. The molecule has 0 fully saturated rings. The average Bonchev–Trinajstić information content (AvgIpc) is 2.43. The van der Waals surface area contributed by atoms with Crippen LogP contribution in [0, 0.1) is 6.92 Å². The zero-order valence-electron chi connectivity index (χ0n) is 7.68. The zero-order valence-corrected chi connectivity index (χ0v) is 7.68. The highest BCUT2D eigenvalue weighted by Crippen LogP contribution is 2.30. The first-order chi connectivity index (χ1) is 6.70. The summed E-state index contributed by atoms with van der Waals surface area (Å²) in [6.45, 7) is 1.73. The number of pyridine rings is 1. The minimum Gasteiger partial charge on any atom is -0.494 e. The third-order valence-electron chi connectivity index (χ3n) is 2.06. The van der Waals surface area contributed by atoms with Gasteiger partial charge in [-0.3, -0.25) is 9.55 Å². The van der Waals surface area contributed by atoms with Gasteiger partial charge in [-0.2, -0.15) is 0 Å². The smallest absolute Gasteiger partial charge is 0.201 e. The number of hydrogen-bond acceptors (Lipinski definition) is 3. The highest BCUT2D eigenvalue weighted by Gasteiger charge is 2.11. The van der Waals surface area contributed by atoms with Crippen LogP contribution in [-0.2, 0) is 0 Å². The average molecular weight is 190 g/mol. The summed E-state index contributed by atoms with van der Waals surface area (Å²) in [6, 6.07) is 4.92. The van der Waals surface area contributed by atoms with Gasteiger partial charge in [-0.1, -0.05) is 0 Å². The Morgan fingerprint density at radius 1 is 1.21 bits per heavy atom. The van der Waals surface area contributed by atoms with Crippen LogP contribution < -0.4 is 0 Å². The van der Waals surface area contributed by atoms with Crippen molar-refractivity contribution in [2.75, 3.05) is 0 Å². The molecular formula is C10H10N2O2. The molecule has 2 rings (SSSR count). The van der Waals surface area contributed by atoms with Crippen molar-refractivity contribution < 1.29 is 10.2 Å². The van der Waals surface area contributed by atoms with E-state index in [0.717, 1.165) is 0 Å². The first-order valence-electron chi connectivity index (χ1n) is 4.21. The standard InChI is InChI=1S/C10H10N2O2/c1-7-6-9(13)12(10(7)14)8-2-4-11-5-3-8/h2-6,13-14H,1H3. The van der Waals surface area contributed by atoms with Crippen molar-refractivity contribution in [1.82, 2.24) is 9.55 Å². The maximum Gasteiger partial charge on any atom is 0.201 e. The molecule has 2 aromatic heterocycles. The van der Waals surface area contributed by atoms with Crippen LogP contribution in [0.2, 0.25) is 0 Å². The fourth-order valence-electron chi connectivity index (χ4n) is 1.36. The number of nitrogens with zero attached hydrogens (tertiary/aromatic N) is 2. The summed E-state index contributed by atoms with van der Waals surface area (Å²) < 4.78 is 1.36. The van der Waals surface area contributed by atoms with Crippen LogP contribution in [0.25, 0.3) is 5.69 Å². The molecule has 2 heterocycles. The summed E-state index contributed by atoms with van der Waals surface area (Å²) >= 11 is 0. The third-order valence-corrected chi connectivity index (χ3v) is 2.06. The molecule has 2 N–H and O–H groups in total. The normalized spacial score (nSPS) is 10.4. The number of aromatic nitrogens is 2. The Morgan fingerprint density at radius 3 is 2.36 bits per heavy atom. The van der Waals surface area contributed by atoms with Gasteiger partial charge >= 0.3 is 0 Å². The molecule has 0 aromatic carbocycles. The Bertz CT molecular complexity index is 449. The first-order valence-corrected chi connectivity index (χ1v) is 4.21. The Hall–Kier alpha value is -1.97. The van der Waals surface area contributed by atoms with Crippen molar-refractivity contribution in [3.8, 4) is 17.4 Å². The maximum atomic E-state index is 9.65. The Labute approximate surface area is 81.1 Å². The van der Waals surface area contributed by atoms with E-state index in [4.69, 9.17) is 0 Å². The van der Waals surface area contributed by atoms with Crippen LogP contribution in [0.15, 0.2) is 30.6 Å². The number of hydrogen-bond donors (Lipinski definition) is 2. The van der Waals surface area contributed by atoms with Gasteiger partial charge in [0.05, 0.1) is 5.69 Å². The summed E-state index contributed by atoms with van der Waals surface area (Å²) in [6.07, 6.45) is 3.20. The summed E-state index contributed by atoms with van der Waals surface area (Å²) in [5.41, 5.74) is 1.32. The van der Waals surface area contributed by atoms with E-state index in [1.807, 2.05) is 0 Å². The Morgan fingerprint density at radius 2 is 1.86 bits per heavy atom. The van der Waals surface area contributed by atoms with Crippen molar-refractivity contribution in [2.24, 2.45) is 0 Å². The minimum atomic E-state index is 0.0196. The number of aromatic hydroxyl groups is 2. The van der Waals surface area contributed by atoms with Crippen LogP contribution in [0.1, 0.15) is 5.56 Å². The van der Waals surface area contributed by atoms with Crippen molar-refractivity contribution in [1.29, 1.82) is 0 Å². The second-order valence-electron chi connectivity index (χ2n) is 3.05. The van der Waals surface area contributed by atoms with Crippen molar-refractivity contribution in [2.45, 2.75) is 6.92 Å². The van der Waals surface area contributed by atoms with Gasteiger partial charge in [0.15, 0.2) is 5.88 Å². The highest BCUT2D eigenvalue weighted by atomic mass is 16.3. The van der Waals surface area contributed by atoms with Gasteiger partial charge in [0.2, 0.25) is 5.88 Å². The van der Waals surface area contributed by atoms with Crippen LogP contribution in [0.5, 0.6) is 11.8 Å². The van der Waals surface area contributed by atoms with Gasteiger partial charge in [0, 0.05) is 24.0 Å². The predicted molar refractivity (Wildman–Crippen MR) is 51.6 cm³/mol. The third kappa shape index (κ3) is 1.21. The van der Waals surface area contributed by atoms with E-state index in [0.29, 0.717) is 11.3 Å². The fourth-order valence-corrected chi connectivity index (χ4v) is 1.36. The molecule has 0 aliphatic rings. The molecule has 4 nitrogen and oxygen atoms in total. The van der Waals surface area contributed by atoms with E-state index in [1.165, 1.54) is 10.6 Å². The lowest BCUT2D eigenvalue weighted by Crippen LogP contribution is -1.92. The largest absolute Gasteiger partial charge is 0.494 e. The highest BCUT2D eigenvalue weighted by molar-refractivity contribution is 5.45. The van der Waals surface area contributed by atoms with Gasteiger partial charge in [0.25, 0.3) is 0 Å². The second-order valence-corrected chi connectivity index (χ2v) is 3.05. The van der Waals surface area contributed by atoms with Crippen LogP contribution in [0.3, 0.4) is 0 Å². The number of aryl methyl sites for hydroxylation is 1. The topological polar surface area (TPSA) is 58.3 Å². The molecule has 2 aromatic rings. The SMILES string of the molecule is Cc1cc(O)n(-c2ccncc2)c1O. The van der Waals surface area contributed by atoms with E-state index < -0.39 is 0 Å². The Balaban J connectivity index is 2.62. The lowest BCUT2D eigenvalue weighted by atomic mass is 10.4. The van der Waals surface area contributed by atoms with E-state index in [2.05, 4.69) is 4.98 Å². The molecule has 0 aliphatic heterocycles. The molecule has 14 heavy (non-hydrogen) atoms. The molecule has 0 saturated carbocycles. The molecule has 0 spiro atoms. The van der Waals surface area contributed by atoms with Gasteiger partial charge in [0.1, 0.15) is 0 Å². The predicted octanol–water partition coefficient (Wildman–Crippen LogP) is 1.59. The second kappa shape index (κ2) is 3.06. The molecular weight excluding hydrogens is 180 g/mol. The summed E-state index contributed by atoms with van der Waals surface area (Å²) in [7, 11) is 0. The molecule has 0 amide bonds. The minimum absolute atomic E-state index is 0.0196. The van der Waals surface area contributed by atoms with Crippen LogP contribution >= 0.6 is 0 Å². The van der Waals surface area contributed by atoms with Crippen molar-refractivity contribution in [3.63, 3.8) is 0 Å².